The molecule has 0 aromatic carbocycles. The fraction of sp³-hybridized carbons (Fsp3) is 0.933. The molecular weight excluding hydrogens is 260 g/mol. The van der Waals surface area contributed by atoms with Gasteiger partial charge in [-0.25, -0.2) is 0 Å². The van der Waals surface area contributed by atoms with Crippen molar-refractivity contribution >= 4 is 18.3 Å². The van der Waals surface area contributed by atoms with Gasteiger partial charge >= 0.3 is 0 Å². The Balaban J connectivity index is 0.00000133. The molecule has 2 N–H and O–H groups in total. The van der Waals surface area contributed by atoms with E-state index in [2.05, 4.69) is 10.6 Å². The second-order valence-electron chi connectivity index (χ2n) is 7.05. The van der Waals surface area contributed by atoms with E-state index in [-0.39, 0.29) is 18.3 Å². The SMILES string of the molecule is CNCC(=O)NCCC12CC3CC(CC(C3)C1)C2.Cl. The van der Waals surface area contributed by atoms with Crippen LogP contribution in [-0.4, -0.2) is 26.0 Å². The molecule has 0 saturated heterocycles. The van der Waals surface area contributed by atoms with Gasteiger partial charge in [0.05, 0.1) is 6.54 Å². The molecule has 0 spiro atoms. The summed E-state index contributed by atoms with van der Waals surface area (Å²) in [7, 11) is 1.82. The summed E-state index contributed by atoms with van der Waals surface area (Å²) in [5.74, 6) is 3.19. The second-order valence-corrected chi connectivity index (χ2v) is 7.05. The predicted molar refractivity (Wildman–Crippen MR) is 79.4 cm³/mol. The minimum absolute atomic E-state index is 0. The van der Waals surface area contributed by atoms with Gasteiger partial charge in [0.1, 0.15) is 0 Å². The zero-order chi connectivity index (χ0) is 12.6. The molecule has 110 valence electrons. The van der Waals surface area contributed by atoms with Crippen molar-refractivity contribution < 1.29 is 4.79 Å². The number of hydrogen-bond acceptors (Lipinski definition) is 2. The van der Waals surface area contributed by atoms with Gasteiger partial charge in [0.15, 0.2) is 0 Å². The van der Waals surface area contributed by atoms with Crippen LogP contribution in [0.4, 0.5) is 0 Å². The minimum Gasteiger partial charge on any atom is -0.355 e. The molecule has 3 nitrogen and oxygen atoms in total. The van der Waals surface area contributed by atoms with Gasteiger partial charge in [-0.15, -0.1) is 12.4 Å². The van der Waals surface area contributed by atoms with E-state index in [1.807, 2.05) is 7.05 Å². The third kappa shape index (κ3) is 3.25. The Morgan fingerprint density at radius 3 is 2.11 bits per heavy atom. The molecule has 0 aliphatic heterocycles. The summed E-state index contributed by atoms with van der Waals surface area (Å²) in [4.78, 5) is 11.5. The van der Waals surface area contributed by atoms with E-state index < -0.39 is 0 Å². The zero-order valence-corrected chi connectivity index (χ0v) is 12.7. The summed E-state index contributed by atoms with van der Waals surface area (Å²) in [6, 6.07) is 0. The monoisotopic (exact) mass is 286 g/mol. The Labute approximate surface area is 122 Å². The average molecular weight is 287 g/mol. The van der Waals surface area contributed by atoms with Crippen molar-refractivity contribution in [3.63, 3.8) is 0 Å². The number of amides is 1. The van der Waals surface area contributed by atoms with Gasteiger partial charge in [0.2, 0.25) is 5.91 Å². The van der Waals surface area contributed by atoms with E-state index in [0.29, 0.717) is 12.0 Å². The number of rotatable bonds is 5. The van der Waals surface area contributed by atoms with E-state index in [9.17, 15) is 4.79 Å². The number of carbonyl (C=O) groups is 1. The number of hydrogen-bond donors (Lipinski definition) is 2. The number of likely N-dealkylation sites (N-methyl/N-ethyl adjacent to an activating group) is 1. The van der Waals surface area contributed by atoms with Crippen molar-refractivity contribution in [3.8, 4) is 0 Å². The van der Waals surface area contributed by atoms with Crippen LogP contribution in [0, 0.1) is 23.2 Å². The van der Waals surface area contributed by atoms with Crippen LogP contribution in [0.15, 0.2) is 0 Å². The standard InChI is InChI=1S/C15H26N2O.ClH/c1-16-10-14(18)17-3-2-15-7-11-4-12(8-15)6-13(5-11)9-15;/h11-13,16H,2-10H2,1H3,(H,17,18);1H. The Morgan fingerprint density at radius 2 is 1.63 bits per heavy atom. The highest BCUT2D eigenvalue weighted by molar-refractivity contribution is 5.85. The van der Waals surface area contributed by atoms with Crippen molar-refractivity contribution in [2.24, 2.45) is 23.2 Å². The molecule has 4 rings (SSSR count). The van der Waals surface area contributed by atoms with Crippen molar-refractivity contribution in [3.05, 3.63) is 0 Å². The maximum Gasteiger partial charge on any atom is 0.233 e. The molecule has 0 radical (unpaired) electrons. The maximum absolute atomic E-state index is 11.5. The lowest BCUT2D eigenvalue weighted by atomic mass is 9.49. The Bertz CT molecular complexity index is 297. The minimum atomic E-state index is 0. The molecule has 0 atom stereocenters. The normalized spacial score (nSPS) is 38.9. The quantitative estimate of drug-likeness (QED) is 0.815. The molecule has 4 saturated carbocycles. The van der Waals surface area contributed by atoms with Crippen LogP contribution in [0.25, 0.3) is 0 Å². The molecule has 19 heavy (non-hydrogen) atoms. The topological polar surface area (TPSA) is 41.1 Å². The number of nitrogens with one attached hydrogen (secondary N) is 2. The smallest absolute Gasteiger partial charge is 0.233 e. The molecule has 4 fully saturated rings. The summed E-state index contributed by atoms with van der Waals surface area (Å²) in [5.41, 5.74) is 0.599. The summed E-state index contributed by atoms with van der Waals surface area (Å²) in [6.45, 7) is 1.33. The maximum atomic E-state index is 11.5. The lowest BCUT2D eigenvalue weighted by Gasteiger charge is -2.57. The van der Waals surface area contributed by atoms with Crippen molar-refractivity contribution in [2.45, 2.75) is 44.9 Å². The molecule has 4 heteroatoms. The molecule has 1 amide bonds. The highest BCUT2D eigenvalue weighted by Crippen LogP contribution is 2.61. The van der Waals surface area contributed by atoms with Crippen LogP contribution in [0.1, 0.15) is 44.9 Å². The van der Waals surface area contributed by atoms with Gasteiger partial charge < -0.3 is 10.6 Å². The van der Waals surface area contributed by atoms with Gasteiger partial charge in [-0.1, -0.05) is 0 Å². The molecular formula is C15H27ClN2O. The molecule has 4 aliphatic rings. The first kappa shape index (κ1) is 15.1. The molecule has 4 aliphatic carbocycles. The summed E-state index contributed by atoms with van der Waals surface area (Å²) in [6.07, 6.45) is 10.1. The lowest BCUT2D eigenvalue weighted by molar-refractivity contribution is -0.120. The zero-order valence-electron chi connectivity index (χ0n) is 11.9. The Hall–Kier alpha value is -0.280. The van der Waals surface area contributed by atoms with Crippen LogP contribution >= 0.6 is 12.4 Å². The fourth-order valence-electron chi connectivity index (χ4n) is 5.29. The van der Waals surface area contributed by atoms with Gasteiger partial charge in [-0.05, 0) is 75.2 Å². The summed E-state index contributed by atoms with van der Waals surface area (Å²) >= 11 is 0. The average Bonchev–Trinajstić information content (AvgIpc) is 2.26. The highest BCUT2D eigenvalue weighted by Gasteiger charge is 2.50. The van der Waals surface area contributed by atoms with Crippen molar-refractivity contribution in [1.82, 2.24) is 10.6 Å². The fourth-order valence-corrected chi connectivity index (χ4v) is 5.29. The molecule has 0 unspecified atom stereocenters. The van der Waals surface area contributed by atoms with E-state index in [4.69, 9.17) is 0 Å². The number of carbonyl (C=O) groups excluding carboxylic acids is 1. The Morgan fingerprint density at radius 1 is 1.11 bits per heavy atom. The molecule has 0 aromatic heterocycles. The predicted octanol–water partition coefficient (Wildman–Crippen LogP) is 2.35. The van der Waals surface area contributed by atoms with Crippen LogP contribution in [-0.2, 0) is 4.79 Å². The lowest BCUT2D eigenvalue weighted by Crippen LogP contribution is -2.47. The first-order valence-corrected chi connectivity index (χ1v) is 7.60. The van der Waals surface area contributed by atoms with Crippen molar-refractivity contribution in [2.75, 3.05) is 20.1 Å². The third-order valence-corrected chi connectivity index (χ3v) is 5.48. The van der Waals surface area contributed by atoms with E-state index >= 15 is 0 Å². The van der Waals surface area contributed by atoms with Gasteiger partial charge in [-0.2, -0.15) is 0 Å². The van der Waals surface area contributed by atoms with Gasteiger partial charge in [0.25, 0.3) is 0 Å². The molecule has 0 aromatic rings. The highest BCUT2D eigenvalue weighted by atomic mass is 35.5. The van der Waals surface area contributed by atoms with E-state index in [1.165, 1.54) is 44.9 Å². The Kier molecular flexibility index (Phi) is 4.78. The first-order valence-electron chi connectivity index (χ1n) is 7.60. The van der Waals surface area contributed by atoms with E-state index in [1.54, 1.807) is 0 Å². The first-order chi connectivity index (χ1) is 8.69. The van der Waals surface area contributed by atoms with Gasteiger partial charge in [-0.3, -0.25) is 4.79 Å². The van der Waals surface area contributed by atoms with Crippen LogP contribution < -0.4 is 10.6 Å². The summed E-state index contributed by atoms with van der Waals surface area (Å²) in [5, 5.41) is 5.96. The van der Waals surface area contributed by atoms with Gasteiger partial charge in [0, 0.05) is 6.54 Å². The van der Waals surface area contributed by atoms with Crippen molar-refractivity contribution in [1.29, 1.82) is 0 Å². The van der Waals surface area contributed by atoms with Crippen LogP contribution in [0.5, 0.6) is 0 Å². The van der Waals surface area contributed by atoms with Crippen LogP contribution in [0.3, 0.4) is 0 Å². The third-order valence-electron chi connectivity index (χ3n) is 5.48. The number of halogens is 1. The van der Waals surface area contributed by atoms with E-state index in [0.717, 1.165) is 24.3 Å². The largest absolute Gasteiger partial charge is 0.355 e. The van der Waals surface area contributed by atoms with Crippen LogP contribution in [0.2, 0.25) is 0 Å². The molecule has 0 heterocycles. The molecule has 4 bridgehead atoms. The summed E-state index contributed by atoms with van der Waals surface area (Å²) < 4.78 is 0. The second kappa shape index (κ2) is 6.01.